The second kappa shape index (κ2) is 16.2. The molecule has 0 bridgehead atoms. The van der Waals surface area contributed by atoms with Gasteiger partial charge < -0.3 is 9.84 Å². The van der Waals surface area contributed by atoms with Crippen molar-refractivity contribution in [2.45, 2.75) is 97.8 Å². The number of carboxylic acids is 1. The summed E-state index contributed by atoms with van der Waals surface area (Å²) in [4.78, 5) is 22.6. The molecule has 1 atom stereocenters. The molecule has 0 aromatic carbocycles. The van der Waals surface area contributed by atoms with Gasteiger partial charge in [0, 0.05) is 6.42 Å². The largest absolute Gasteiger partial charge is 0.481 e. The fourth-order valence-corrected chi connectivity index (χ4v) is 2.92. The van der Waals surface area contributed by atoms with Crippen molar-refractivity contribution in [2.24, 2.45) is 5.92 Å². The highest BCUT2D eigenvalue weighted by molar-refractivity contribution is 5.70. The average molecular weight is 355 g/mol. The standard InChI is InChI=1S/C21H38O4/c1-4-6-9-13-18(3)14-12-16-19(21(23)24)15-10-7-8-11-17-20(22)25-5-2/h14,19H,4-13,15-17H2,1-3H3,(H,23,24). The molecule has 0 spiro atoms. The molecule has 0 saturated heterocycles. The minimum atomic E-state index is -0.677. The van der Waals surface area contributed by atoms with E-state index in [1.807, 2.05) is 6.92 Å². The number of esters is 1. The minimum Gasteiger partial charge on any atom is -0.481 e. The molecule has 0 saturated carbocycles. The van der Waals surface area contributed by atoms with Gasteiger partial charge in [-0.2, -0.15) is 0 Å². The molecule has 25 heavy (non-hydrogen) atoms. The number of allylic oxidation sites excluding steroid dienone is 2. The first kappa shape index (κ1) is 23.7. The van der Waals surface area contributed by atoms with Crippen molar-refractivity contribution >= 4 is 11.9 Å². The summed E-state index contributed by atoms with van der Waals surface area (Å²) >= 11 is 0. The molecule has 0 aliphatic rings. The van der Waals surface area contributed by atoms with Gasteiger partial charge in [0.1, 0.15) is 0 Å². The molecule has 0 aromatic rings. The number of hydrogen-bond donors (Lipinski definition) is 1. The zero-order valence-electron chi connectivity index (χ0n) is 16.5. The Morgan fingerprint density at radius 2 is 1.64 bits per heavy atom. The molecule has 0 radical (unpaired) electrons. The van der Waals surface area contributed by atoms with Crippen LogP contribution in [0.2, 0.25) is 0 Å². The van der Waals surface area contributed by atoms with Gasteiger partial charge in [0.15, 0.2) is 0 Å². The third-order valence-electron chi connectivity index (χ3n) is 4.52. The number of aliphatic carboxylic acids is 1. The Hall–Kier alpha value is -1.32. The van der Waals surface area contributed by atoms with Gasteiger partial charge in [0.2, 0.25) is 0 Å². The molecule has 0 heterocycles. The first-order valence-corrected chi connectivity index (χ1v) is 10.0. The fourth-order valence-electron chi connectivity index (χ4n) is 2.92. The Morgan fingerprint density at radius 3 is 2.28 bits per heavy atom. The van der Waals surface area contributed by atoms with Gasteiger partial charge in [0.05, 0.1) is 12.5 Å². The van der Waals surface area contributed by atoms with Crippen molar-refractivity contribution in [2.75, 3.05) is 6.61 Å². The van der Waals surface area contributed by atoms with E-state index in [2.05, 4.69) is 19.9 Å². The summed E-state index contributed by atoms with van der Waals surface area (Å²) in [6.45, 7) is 6.60. The van der Waals surface area contributed by atoms with E-state index in [9.17, 15) is 14.7 Å². The van der Waals surface area contributed by atoms with Crippen molar-refractivity contribution < 1.29 is 19.4 Å². The molecule has 0 aliphatic carbocycles. The highest BCUT2D eigenvalue weighted by atomic mass is 16.5. The number of carbonyl (C=O) groups excluding carboxylic acids is 1. The van der Waals surface area contributed by atoms with Crippen LogP contribution in [0.5, 0.6) is 0 Å². The molecular weight excluding hydrogens is 316 g/mol. The summed E-state index contributed by atoms with van der Waals surface area (Å²) < 4.78 is 4.89. The Bertz CT molecular complexity index is 387. The van der Waals surface area contributed by atoms with E-state index in [4.69, 9.17) is 4.74 Å². The van der Waals surface area contributed by atoms with Crippen LogP contribution in [0.15, 0.2) is 11.6 Å². The van der Waals surface area contributed by atoms with Crippen molar-refractivity contribution in [3.05, 3.63) is 11.6 Å². The predicted molar refractivity (Wildman–Crippen MR) is 103 cm³/mol. The van der Waals surface area contributed by atoms with E-state index < -0.39 is 5.97 Å². The summed E-state index contributed by atoms with van der Waals surface area (Å²) in [7, 11) is 0. The lowest BCUT2D eigenvalue weighted by atomic mass is 9.95. The van der Waals surface area contributed by atoms with Crippen LogP contribution in [0.3, 0.4) is 0 Å². The van der Waals surface area contributed by atoms with Crippen LogP contribution in [0, 0.1) is 5.92 Å². The van der Waals surface area contributed by atoms with Crippen LogP contribution in [-0.4, -0.2) is 23.7 Å². The molecular formula is C21H38O4. The summed E-state index contributed by atoms with van der Waals surface area (Å²) in [5.41, 5.74) is 1.39. The SMILES string of the molecule is CCCCCC(C)=CCCC(CCCCCCC(=O)OCC)C(=O)O. The van der Waals surface area contributed by atoms with Gasteiger partial charge in [-0.1, -0.05) is 50.7 Å². The monoisotopic (exact) mass is 354 g/mol. The number of carbonyl (C=O) groups is 2. The van der Waals surface area contributed by atoms with E-state index in [0.29, 0.717) is 13.0 Å². The Balaban J connectivity index is 3.86. The molecule has 1 N–H and O–H groups in total. The molecule has 0 aliphatic heterocycles. The van der Waals surface area contributed by atoms with Gasteiger partial charge in [-0.05, 0) is 52.4 Å². The quantitative estimate of drug-likeness (QED) is 0.213. The van der Waals surface area contributed by atoms with Crippen molar-refractivity contribution in [1.82, 2.24) is 0 Å². The molecule has 146 valence electrons. The highest BCUT2D eigenvalue weighted by Gasteiger charge is 2.15. The van der Waals surface area contributed by atoms with Crippen LogP contribution in [0.4, 0.5) is 0 Å². The van der Waals surface area contributed by atoms with Gasteiger partial charge >= 0.3 is 11.9 Å². The van der Waals surface area contributed by atoms with E-state index in [-0.39, 0.29) is 11.9 Å². The second-order valence-electron chi connectivity index (χ2n) is 6.88. The third-order valence-corrected chi connectivity index (χ3v) is 4.52. The fraction of sp³-hybridized carbons (Fsp3) is 0.810. The Morgan fingerprint density at radius 1 is 0.960 bits per heavy atom. The highest BCUT2D eigenvalue weighted by Crippen LogP contribution is 2.19. The van der Waals surface area contributed by atoms with Gasteiger partial charge in [-0.25, -0.2) is 0 Å². The lowest BCUT2D eigenvalue weighted by molar-refractivity contribution is -0.143. The lowest BCUT2D eigenvalue weighted by Gasteiger charge is -2.11. The zero-order valence-corrected chi connectivity index (χ0v) is 16.5. The average Bonchev–Trinajstić information content (AvgIpc) is 2.56. The van der Waals surface area contributed by atoms with E-state index >= 15 is 0 Å². The maximum absolute atomic E-state index is 11.4. The molecule has 1 unspecified atom stereocenters. The lowest BCUT2D eigenvalue weighted by Crippen LogP contribution is -2.13. The molecule has 4 heteroatoms. The van der Waals surface area contributed by atoms with Crippen LogP contribution < -0.4 is 0 Å². The zero-order chi connectivity index (χ0) is 18.9. The van der Waals surface area contributed by atoms with Crippen molar-refractivity contribution in [1.29, 1.82) is 0 Å². The molecule has 0 amide bonds. The first-order chi connectivity index (χ1) is 12.0. The molecule has 0 aromatic heterocycles. The summed E-state index contributed by atoms with van der Waals surface area (Å²) in [6, 6.07) is 0. The summed E-state index contributed by atoms with van der Waals surface area (Å²) in [5, 5.41) is 9.36. The van der Waals surface area contributed by atoms with E-state index in [1.54, 1.807) is 0 Å². The first-order valence-electron chi connectivity index (χ1n) is 10.0. The summed E-state index contributed by atoms with van der Waals surface area (Å²) in [5.74, 6) is -1.06. The number of hydrogen-bond acceptors (Lipinski definition) is 3. The number of ether oxygens (including phenoxy) is 1. The van der Waals surface area contributed by atoms with Gasteiger partial charge in [-0.3, -0.25) is 9.59 Å². The molecule has 0 rings (SSSR count). The number of rotatable bonds is 16. The topological polar surface area (TPSA) is 63.6 Å². The van der Waals surface area contributed by atoms with E-state index in [1.165, 1.54) is 24.8 Å². The van der Waals surface area contributed by atoms with Gasteiger partial charge in [-0.15, -0.1) is 0 Å². The van der Waals surface area contributed by atoms with Crippen LogP contribution in [0.25, 0.3) is 0 Å². The maximum atomic E-state index is 11.4. The second-order valence-corrected chi connectivity index (χ2v) is 6.88. The normalized spacial score (nSPS) is 12.8. The molecule has 4 nitrogen and oxygen atoms in total. The number of carboxylic acid groups (broad SMARTS) is 1. The van der Waals surface area contributed by atoms with Crippen molar-refractivity contribution in [3.63, 3.8) is 0 Å². The van der Waals surface area contributed by atoms with Gasteiger partial charge in [0.25, 0.3) is 0 Å². The minimum absolute atomic E-state index is 0.132. The summed E-state index contributed by atoms with van der Waals surface area (Å²) in [6.07, 6.45) is 13.5. The number of unbranched alkanes of at least 4 members (excludes halogenated alkanes) is 5. The third kappa shape index (κ3) is 14.7. The van der Waals surface area contributed by atoms with Crippen molar-refractivity contribution in [3.8, 4) is 0 Å². The van der Waals surface area contributed by atoms with Crippen LogP contribution in [-0.2, 0) is 14.3 Å². The maximum Gasteiger partial charge on any atom is 0.306 e. The Labute approximate surface area is 154 Å². The Kier molecular flexibility index (Phi) is 15.3. The smallest absolute Gasteiger partial charge is 0.306 e. The van der Waals surface area contributed by atoms with Crippen LogP contribution in [0.1, 0.15) is 97.8 Å². The van der Waals surface area contributed by atoms with E-state index in [0.717, 1.165) is 51.4 Å². The van der Waals surface area contributed by atoms with Crippen LogP contribution >= 0.6 is 0 Å². The molecule has 0 fully saturated rings. The predicted octanol–water partition coefficient (Wildman–Crippen LogP) is 5.90.